The monoisotopic (exact) mass is 270 g/mol. The van der Waals surface area contributed by atoms with Crippen LogP contribution in [0.4, 0.5) is 19.1 Å². The third-order valence-electron chi connectivity index (χ3n) is 2.63. The lowest BCUT2D eigenvalue weighted by Gasteiger charge is -2.03. The van der Waals surface area contributed by atoms with Crippen LogP contribution in [0.3, 0.4) is 0 Å². The van der Waals surface area contributed by atoms with Crippen molar-refractivity contribution in [3.05, 3.63) is 46.4 Å². The van der Waals surface area contributed by atoms with E-state index in [1.165, 1.54) is 0 Å². The van der Waals surface area contributed by atoms with Crippen LogP contribution in [0, 0.1) is 31.3 Å². The van der Waals surface area contributed by atoms with Crippen molar-refractivity contribution >= 4 is 11.8 Å². The van der Waals surface area contributed by atoms with Gasteiger partial charge >= 0.3 is 0 Å². The fourth-order valence-electron chi connectivity index (χ4n) is 1.39. The molecule has 0 fully saturated rings. The van der Waals surface area contributed by atoms with Crippen LogP contribution in [-0.4, -0.2) is 11.1 Å². The van der Waals surface area contributed by atoms with Gasteiger partial charge in [-0.3, -0.25) is 10.1 Å². The average Bonchev–Trinajstić information content (AvgIpc) is 2.67. The molecule has 2 rings (SSSR count). The predicted octanol–water partition coefficient (Wildman–Crippen LogP) is 2.96. The minimum Gasteiger partial charge on any atom is -0.338 e. The number of anilines is 1. The Morgan fingerprint density at radius 3 is 2.26 bits per heavy atom. The first kappa shape index (κ1) is 13.1. The van der Waals surface area contributed by atoms with E-state index in [2.05, 4.69) is 10.5 Å². The van der Waals surface area contributed by atoms with Crippen LogP contribution in [0.5, 0.6) is 0 Å². The molecule has 7 heteroatoms. The average molecular weight is 270 g/mol. The quantitative estimate of drug-likeness (QED) is 0.853. The maximum Gasteiger partial charge on any atom is 0.258 e. The van der Waals surface area contributed by atoms with Gasteiger partial charge in [-0.1, -0.05) is 5.16 Å². The number of nitrogens with zero attached hydrogens (tertiary/aromatic N) is 1. The van der Waals surface area contributed by atoms with Crippen LogP contribution in [0.1, 0.15) is 21.6 Å². The molecule has 0 saturated heterocycles. The molecule has 0 radical (unpaired) electrons. The Hall–Kier alpha value is -2.31. The maximum absolute atomic E-state index is 13.0. The van der Waals surface area contributed by atoms with Crippen LogP contribution in [-0.2, 0) is 0 Å². The number of halogens is 3. The van der Waals surface area contributed by atoms with Gasteiger partial charge < -0.3 is 4.52 Å². The van der Waals surface area contributed by atoms with E-state index in [0.29, 0.717) is 23.4 Å². The minimum absolute atomic E-state index is 0.0765. The van der Waals surface area contributed by atoms with Gasteiger partial charge in [0.1, 0.15) is 0 Å². The van der Waals surface area contributed by atoms with E-state index >= 15 is 0 Å². The molecule has 19 heavy (non-hydrogen) atoms. The Labute approximate surface area is 106 Å². The van der Waals surface area contributed by atoms with Crippen molar-refractivity contribution < 1.29 is 22.5 Å². The Balaban J connectivity index is 2.28. The van der Waals surface area contributed by atoms with E-state index in [1.807, 2.05) is 0 Å². The second-order valence-corrected chi connectivity index (χ2v) is 3.93. The molecule has 0 atom stereocenters. The summed E-state index contributed by atoms with van der Waals surface area (Å²) in [5.74, 6) is -5.24. The van der Waals surface area contributed by atoms with E-state index in [4.69, 9.17) is 4.52 Å². The van der Waals surface area contributed by atoms with E-state index in [0.717, 1.165) is 0 Å². The highest BCUT2D eigenvalue weighted by Crippen LogP contribution is 2.19. The Morgan fingerprint density at radius 1 is 1.21 bits per heavy atom. The first-order chi connectivity index (χ1) is 8.90. The minimum atomic E-state index is -1.62. The number of carbonyl (C=O) groups is 1. The molecule has 0 aliphatic heterocycles. The number of aryl methyl sites for hydroxylation is 1. The van der Waals surface area contributed by atoms with Crippen molar-refractivity contribution in [3.8, 4) is 0 Å². The molecule has 0 unspecified atom stereocenters. The van der Waals surface area contributed by atoms with Crippen molar-refractivity contribution in [2.24, 2.45) is 0 Å². The van der Waals surface area contributed by atoms with Gasteiger partial charge in [-0.15, -0.1) is 0 Å². The highest BCUT2D eigenvalue weighted by molar-refractivity contribution is 6.03. The van der Waals surface area contributed by atoms with E-state index in [9.17, 15) is 18.0 Å². The second-order valence-electron chi connectivity index (χ2n) is 3.93. The molecule has 1 aromatic heterocycles. The normalized spacial score (nSPS) is 10.6. The van der Waals surface area contributed by atoms with Crippen molar-refractivity contribution in [2.45, 2.75) is 13.8 Å². The number of aromatic nitrogens is 1. The molecular formula is C12H9F3N2O2. The molecule has 0 aliphatic rings. The lowest BCUT2D eigenvalue weighted by molar-refractivity contribution is 0.102. The molecule has 1 heterocycles. The van der Waals surface area contributed by atoms with Gasteiger partial charge in [-0.05, 0) is 26.0 Å². The molecule has 1 N–H and O–H groups in total. The van der Waals surface area contributed by atoms with Crippen LogP contribution in [0.25, 0.3) is 0 Å². The molecule has 1 amide bonds. The Bertz CT molecular complexity index is 629. The highest BCUT2D eigenvalue weighted by atomic mass is 19.2. The molecule has 0 saturated carbocycles. The third-order valence-corrected chi connectivity index (χ3v) is 2.63. The van der Waals surface area contributed by atoms with Gasteiger partial charge in [0.25, 0.3) is 5.91 Å². The molecular weight excluding hydrogens is 261 g/mol. The molecule has 0 bridgehead atoms. The van der Waals surface area contributed by atoms with Gasteiger partial charge in [0.05, 0.1) is 5.69 Å². The fourth-order valence-corrected chi connectivity index (χ4v) is 1.39. The smallest absolute Gasteiger partial charge is 0.258 e. The van der Waals surface area contributed by atoms with Gasteiger partial charge in [0, 0.05) is 11.1 Å². The third kappa shape index (κ3) is 2.44. The standard InChI is InChI=1S/C12H9F3N2O2/c1-5-6(2)17-19-12(5)16-11(18)7-3-8(13)10(15)9(14)4-7/h3-4H,1-2H3,(H,16,18). The molecule has 4 nitrogen and oxygen atoms in total. The summed E-state index contributed by atoms with van der Waals surface area (Å²) in [4.78, 5) is 11.7. The number of hydrogen-bond donors (Lipinski definition) is 1. The topological polar surface area (TPSA) is 55.1 Å². The zero-order valence-electron chi connectivity index (χ0n) is 10.1. The number of nitrogens with one attached hydrogen (secondary N) is 1. The van der Waals surface area contributed by atoms with E-state index in [1.54, 1.807) is 13.8 Å². The number of hydrogen-bond acceptors (Lipinski definition) is 3. The second kappa shape index (κ2) is 4.75. The summed E-state index contributed by atoms with van der Waals surface area (Å²) in [6.45, 7) is 3.33. The summed E-state index contributed by atoms with van der Waals surface area (Å²) < 4.78 is 43.6. The Morgan fingerprint density at radius 2 is 1.79 bits per heavy atom. The predicted molar refractivity (Wildman–Crippen MR) is 60.2 cm³/mol. The zero-order chi connectivity index (χ0) is 14.2. The molecule has 1 aromatic carbocycles. The summed E-state index contributed by atoms with van der Waals surface area (Å²) in [5.41, 5.74) is 0.813. The van der Waals surface area contributed by atoms with Crippen molar-refractivity contribution in [3.63, 3.8) is 0 Å². The SMILES string of the molecule is Cc1noc(NC(=O)c2cc(F)c(F)c(F)c2)c1C. The number of benzene rings is 1. The van der Waals surface area contributed by atoms with E-state index in [-0.39, 0.29) is 11.4 Å². The van der Waals surface area contributed by atoms with E-state index < -0.39 is 23.4 Å². The summed E-state index contributed by atoms with van der Waals surface area (Å²) in [6, 6.07) is 1.21. The lowest BCUT2D eigenvalue weighted by atomic mass is 10.2. The largest absolute Gasteiger partial charge is 0.338 e. The van der Waals surface area contributed by atoms with Crippen LogP contribution in [0.15, 0.2) is 16.7 Å². The van der Waals surface area contributed by atoms with Crippen molar-refractivity contribution in [1.29, 1.82) is 0 Å². The molecule has 100 valence electrons. The molecule has 2 aromatic rings. The lowest BCUT2D eigenvalue weighted by Crippen LogP contribution is -2.13. The summed E-state index contributed by atoms with van der Waals surface area (Å²) in [5, 5.41) is 5.91. The fraction of sp³-hybridized carbons (Fsp3) is 0.167. The van der Waals surface area contributed by atoms with Gasteiger partial charge in [0.2, 0.25) is 5.88 Å². The van der Waals surface area contributed by atoms with Crippen molar-refractivity contribution in [1.82, 2.24) is 5.16 Å². The summed E-state index contributed by atoms with van der Waals surface area (Å²) in [6.07, 6.45) is 0. The molecule has 0 aliphatic carbocycles. The van der Waals surface area contributed by atoms with Crippen molar-refractivity contribution in [2.75, 3.05) is 5.32 Å². The zero-order valence-corrected chi connectivity index (χ0v) is 10.1. The van der Waals surface area contributed by atoms with Gasteiger partial charge in [0.15, 0.2) is 17.5 Å². The van der Waals surface area contributed by atoms with Gasteiger partial charge in [-0.25, -0.2) is 13.2 Å². The Kier molecular flexibility index (Phi) is 3.28. The first-order valence-corrected chi connectivity index (χ1v) is 5.29. The molecule has 0 spiro atoms. The highest BCUT2D eigenvalue weighted by Gasteiger charge is 2.17. The summed E-state index contributed by atoms with van der Waals surface area (Å²) >= 11 is 0. The maximum atomic E-state index is 13.0. The number of amides is 1. The van der Waals surface area contributed by atoms with Crippen LogP contribution >= 0.6 is 0 Å². The number of carbonyl (C=O) groups excluding carboxylic acids is 1. The first-order valence-electron chi connectivity index (χ1n) is 5.29. The van der Waals surface area contributed by atoms with Gasteiger partial charge in [-0.2, -0.15) is 0 Å². The van der Waals surface area contributed by atoms with Crippen LogP contribution in [0.2, 0.25) is 0 Å². The summed E-state index contributed by atoms with van der Waals surface area (Å²) in [7, 11) is 0. The van der Waals surface area contributed by atoms with Crippen LogP contribution < -0.4 is 5.32 Å². The number of rotatable bonds is 2.